The van der Waals surface area contributed by atoms with Gasteiger partial charge in [0, 0.05) is 5.56 Å². The molecule has 0 bridgehead atoms. The molecule has 5 nitrogen and oxygen atoms in total. The lowest BCUT2D eigenvalue weighted by Gasteiger charge is -2.12. The first-order valence-corrected chi connectivity index (χ1v) is 8.00. The van der Waals surface area contributed by atoms with Gasteiger partial charge >= 0.3 is 0 Å². The number of pyridine rings is 1. The van der Waals surface area contributed by atoms with Gasteiger partial charge < -0.3 is 15.4 Å². The molecule has 0 unspecified atom stereocenters. The summed E-state index contributed by atoms with van der Waals surface area (Å²) in [6, 6.07) is 14.6. The highest BCUT2D eigenvalue weighted by atomic mass is 19.1. The first-order valence-electron chi connectivity index (χ1n) is 8.00. The number of nitrogens with one attached hydrogen (secondary N) is 2. The Morgan fingerprint density at radius 3 is 2.50 bits per heavy atom. The maximum atomic E-state index is 12.9. The number of carbonyl (C=O) groups excluding carboxylic acids is 1. The first kappa shape index (κ1) is 17.4. The van der Waals surface area contributed by atoms with Crippen LogP contribution in [0.15, 0.2) is 60.8 Å². The standard InChI is InChI=1S/C20H18FN3O2/c1-13-3-9-18(26-2)17(11-13)24-19-10-8-16(12-22-19)23-20(25)14-4-6-15(21)7-5-14/h3-12H,1-2H3,(H,22,24)(H,23,25). The topological polar surface area (TPSA) is 63.2 Å². The number of aromatic nitrogens is 1. The van der Waals surface area contributed by atoms with E-state index in [0.29, 0.717) is 22.8 Å². The zero-order valence-corrected chi connectivity index (χ0v) is 14.4. The highest BCUT2D eigenvalue weighted by Gasteiger charge is 2.08. The van der Waals surface area contributed by atoms with Crippen molar-refractivity contribution in [3.63, 3.8) is 0 Å². The molecule has 3 rings (SSSR count). The average molecular weight is 351 g/mol. The maximum absolute atomic E-state index is 12.9. The van der Waals surface area contributed by atoms with Gasteiger partial charge in [-0.25, -0.2) is 9.37 Å². The van der Waals surface area contributed by atoms with E-state index in [4.69, 9.17) is 4.74 Å². The molecule has 0 aliphatic carbocycles. The Morgan fingerprint density at radius 2 is 1.85 bits per heavy atom. The van der Waals surface area contributed by atoms with Gasteiger partial charge in [-0.05, 0) is 61.0 Å². The molecular formula is C20H18FN3O2. The fraction of sp³-hybridized carbons (Fsp3) is 0.100. The Morgan fingerprint density at radius 1 is 1.08 bits per heavy atom. The van der Waals surface area contributed by atoms with Crippen LogP contribution in [0.2, 0.25) is 0 Å². The van der Waals surface area contributed by atoms with Crippen molar-refractivity contribution in [2.75, 3.05) is 17.7 Å². The van der Waals surface area contributed by atoms with Crippen LogP contribution in [0.3, 0.4) is 0 Å². The summed E-state index contributed by atoms with van der Waals surface area (Å²) in [5, 5.41) is 5.92. The third-order valence-electron chi connectivity index (χ3n) is 3.75. The monoisotopic (exact) mass is 351 g/mol. The number of hydrogen-bond acceptors (Lipinski definition) is 4. The van der Waals surface area contributed by atoms with Crippen LogP contribution in [0, 0.1) is 12.7 Å². The average Bonchev–Trinajstić information content (AvgIpc) is 2.64. The molecule has 0 spiro atoms. The molecule has 0 aliphatic rings. The van der Waals surface area contributed by atoms with Crippen molar-refractivity contribution >= 4 is 23.1 Å². The highest BCUT2D eigenvalue weighted by molar-refractivity contribution is 6.04. The summed E-state index contributed by atoms with van der Waals surface area (Å²) in [6.45, 7) is 1.99. The van der Waals surface area contributed by atoms with E-state index in [2.05, 4.69) is 15.6 Å². The van der Waals surface area contributed by atoms with Crippen molar-refractivity contribution < 1.29 is 13.9 Å². The van der Waals surface area contributed by atoms with E-state index in [0.717, 1.165) is 11.3 Å². The Bertz CT molecular complexity index is 909. The van der Waals surface area contributed by atoms with Gasteiger partial charge in [-0.15, -0.1) is 0 Å². The van der Waals surface area contributed by atoms with Crippen molar-refractivity contribution in [3.05, 3.63) is 77.7 Å². The second-order valence-corrected chi connectivity index (χ2v) is 5.72. The number of hydrogen-bond donors (Lipinski definition) is 2. The van der Waals surface area contributed by atoms with E-state index < -0.39 is 0 Å². The highest BCUT2D eigenvalue weighted by Crippen LogP contribution is 2.28. The lowest BCUT2D eigenvalue weighted by atomic mass is 10.2. The molecule has 0 aliphatic heterocycles. The van der Waals surface area contributed by atoms with Crippen molar-refractivity contribution in [1.29, 1.82) is 0 Å². The fourth-order valence-corrected chi connectivity index (χ4v) is 2.40. The van der Waals surface area contributed by atoms with Crippen LogP contribution in [-0.2, 0) is 0 Å². The van der Waals surface area contributed by atoms with Crippen LogP contribution in [0.25, 0.3) is 0 Å². The number of aryl methyl sites for hydroxylation is 1. The molecule has 26 heavy (non-hydrogen) atoms. The molecule has 1 amide bonds. The number of ether oxygens (including phenoxy) is 1. The lowest BCUT2D eigenvalue weighted by Crippen LogP contribution is -2.12. The first-order chi connectivity index (χ1) is 12.5. The predicted octanol–water partition coefficient (Wildman–Crippen LogP) is 4.53. The van der Waals surface area contributed by atoms with E-state index >= 15 is 0 Å². The van der Waals surface area contributed by atoms with Crippen LogP contribution < -0.4 is 15.4 Å². The zero-order chi connectivity index (χ0) is 18.5. The number of benzene rings is 2. The minimum absolute atomic E-state index is 0.326. The molecular weight excluding hydrogens is 333 g/mol. The van der Waals surface area contributed by atoms with Crippen molar-refractivity contribution in [2.24, 2.45) is 0 Å². The van der Waals surface area contributed by atoms with Crippen molar-refractivity contribution in [1.82, 2.24) is 4.98 Å². The van der Waals surface area contributed by atoms with E-state index in [-0.39, 0.29) is 11.7 Å². The van der Waals surface area contributed by atoms with Gasteiger partial charge in [0.25, 0.3) is 5.91 Å². The molecule has 1 heterocycles. The summed E-state index contributed by atoms with van der Waals surface area (Å²) in [7, 11) is 1.61. The van der Waals surface area contributed by atoms with Crippen LogP contribution in [0.4, 0.5) is 21.6 Å². The number of methoxy groups -OCH3 is 1. The smallest absolute Gasteiger partial charge is 0.255 e. The molecule has 3 aromatic rings. The molecule has 0 radical (unpaired) electrons. The molecule has 0 atom stereocenters. The Labute approximate surface area is 150 Å². The van der Waals surface area contributed by atoms with E-state index in [1.54, 1.807) is 25.4 Å². The Hall–Kier alpha value is -3.41. The molecule has 2 N–H and O–H groups in total. The summed E-state index contributed by atoms with van der Waals surface area (Å²) in [6.07, 6.45) is 1.55. The minimum Gasteiger partial charge on any atom is -0.495 e. The third-order valence-corrected chi connectivity index (χ3v) is 3.75. The second kappa shape index (κ2) is 7.65. The molecule has 132 valence electrons. The summed E-state index contributed by atoms with van der Waals surface area (Å²) in [5.41, 5.74) is 2.82. The van der Waals surface area contributed by atoms with Crippen LogP contribution >= 0.6 is 0 Å². The normalized spacial score (nSPS) is 10.3. The van der Waals surface area contributed by atoms with Gasteiger partial charge in [-0.2, -0.15) is 0 Å². The number of rotatable bonds is 5. The number of nitrogens with zero attached hydrogens (tertiary/aromatic N) is 1. The Balaban J connectivity index is 1.70. The van der Waals surface area contributed by atoms with Crippen molar-refractivity contribution in [2.45, 2.75) is 6.92 Å². The summed E-state index contributed by atoms with van der Waals surface area (Å²) >= 11 is 0. The van der Waals surface area contributed by atoms with Gasteiger partial charge in [-0.1, -0.05) is 6.07 Å². The largest absolute Gasteiger partial charge is 0.495 e. The van der Waals surface area contributed by atoms with Gasteiger partial charge in [0.1, 0.15) is 17.4 Å². The molecule has 0 fully saturated rings. The molecule has 2 aromatic carbocycles. The third kappa shape index (κ3) is 4.16. The lowest BCUT2D eigenvalue weighted by molar-refractivity contribution is 0.102. The van der Waals surface area contributed by atoms with Crippen molar-refractivity contribution in [3.8, 4) is 5.75 Å². The number of carbonyl (C=O) groups is 1. The van der Waals surface area contributed by atoms with E-state index in [1.165, 1.54) is 24.3 Å². The zero-order valence-electron chi connectivity index (χ0n) is 14.4. The summed E-state index contributed by atoms with van der Waals surface area (Å²) in [4.78, 5) is 16.4. The SMILES string of the molecule is COc1ccc(C)cc1Nc1ccc(NC(=O)c2ccc(F)cc2)cn1. The van der Waals surface area contributed by atoms with Crippen LogP contribution in [0.5, 0.6) is 5.75 Å². The van der Waals surface area contributed by atoms with Gasteiger partial charge in [0.2, 0.25) is 0 Å². The van der Waals surface area contributed by atoms with Gasteiger partial charge in [0.05, 0.1) is 24.7 Å². The van der Waals surface area contributed by atoms with Crippen LogP contribution in [0.1, 0.15) is 15.9 Å². The molecule has 0 saturated heterocycles. The van der Waals surface area contributed by atoms with E-state index in [1.807, 2.05) is 25.1 Å². The number of amides is 1. The molecule has 1 aromatic heterocycles. The minimum atomic E-state index is -0.384. The van der Waals surface area contributed by atoms with Crippen LogP contribution in [-0.4, -0.2) is 18.0 Å². The Kier molecular flexibility index (Phi) is 5.12. The number of anilines is 3. The van der Waals surface area contributed by atoms with Gasteiger partial charge in [-0.3, -0.25) is 4.79 Å². The summed E-state index contributed by atoms with van der Waals surface area (Å²) < 4.78 is 18.3. The summed E-state index contributed by atoms with van der Waals surface area (Å²) in [5.74, 6) is 0.623. The number of halogens is 1. The second-order valence-electron chi connectivity index (χ2n) is 5.72. The van der Waals surface area contributed by atoms with Gasteiger partial charge in [0.15, 0.2) is 0 Å². The maximum Gasteiger partial charge on any atom is 0.255 e. The van der Waals surface area contributed by atoms with E-state index in [9.17, 15) is 9.18 Å². The quantitative estimate of drug-likeness (QED) is 0.709. The molecule has 6 heteroatoms. The fourth-order valence-electron chi connectivity index (χ4n) is 2.40. The predicted molar refractivity (Wildman–Crippen MR) is 99.6 cm³/mol. The molecule has 0 saturated carbocycles.